The van der Waals surface area contributed by atoms with Gasteiger partial charge in [-0.3, -0.25) is 4.79 Å². The molecule has 0 unspecified atom stereocenters. The zero-order chi connectivity index (χ0) is 18.8. The van der Waals surface area contributed by atoms with Crippen LogP contribution in [0.1, 0.15) is 23.1 Å². The summed E-state index contributed by atoms with van der Waals surface area (Å²) in [6.45, 7) is 1.53. The van der Waals surface area contributed by atoms with Crippen LogP contribution in [0.2, 0.25) is 0 Å². The summed E-state index contributed by atoms with van der Waals surface area (Å²) >= 11 is 3.12. The van der Waals surface area contributed by atoms with Gasteiger partial charge >= 0.3 is 0 Å². The molecule has 7 nitrogen and oxygen atoms in total. The molecular formula is C18H15N5O2S2. The summed E-state index contributed by atoms with van der Waals surface area (Å²) in [5, 5.41) is 15.3. The van der Waals surface area contributed by atoms with Crippen LogP contribution in [0.15, 0.2) is 51.5 Å². The number of carbonyl (C=O) groups is 1. The highest BCUT2D eigenvalue weighted by atomic mass is 32.2. The van der Waals surface area contributed by atoms with E-state index in [9.17, 15) is 4.79 Å². The number of hydrogen-bond acceptors (Lipinski definition) is 8. The van der Waals surface area contributed by atoms with Gasteiger partial charge in [-0.15, -0.1) is 21.5 Å². The third kappa shape index (κ3) is 3.69. The minimum absolute atomic E-state index is 0.00373. The lowest BCUT2D eigenvalue weighted by molar-refractivity contribution is 0.101. The molecule has 0 amide bonds. The second kappa shape index (κ2) is 7.45. The molecule has 0 fully saturated rings. The van der Waals surface area contributed by atoms with Gasteiger partial charge in [0, 0.05) is 18.2 Å². The predicted molar refractivity (Wildman–Crippen MR) is 104 cm³/mol. The quantitative estimate of drug-likeness (QED) is 0.358. The molecule has 3 aromatic heterocycles. The number of carbonyl (C=O) groups excluding carboxylic acids is 1. The van der Waals surface area contributed by atoms with Crippen LogP contribution in [-0.2, 0) is 12.8 Å². The molecule has 0 saturated carbocycles. The van der Waals surface area contributed by atoms with Crippen molar-refractivity contribution in [3.63, 3.8) is 0 Å². The van der Waals surface area contributed by atoms with Crippen LogP contribution in [0.5, 0.6) is 0 Å². The monoisotopic (exact) mass is 397 g/mol. The average Bonchev–Trinajstić information content (AvgIpc) is 3.41. The second-order valence-corrected chi connectivity index (χ2v) is 7.67. The van der Waals surface area contributed by atoms with E-state index in [1.54, 1.807) is 29.5 Å². The van der Waals surface area contributed by atoms with Crippen LogP contribution in [0.3, 0.4) is 0 Å². The molecule has 27 heavy (non-hydrogen) atoms. The van der Waals surface area contributed by atoms with Crippen LogP contribution in [-0.4, -0.2) is 30.7 Å². The summed E-state index contributed by atoms with van der Waals surface area (Å²) in [5.74, 6) is 2.29. The fraction of sp³-hybridized carbons (Fsp3) is 0.167. The van der Waals surface area contributed by atoms with Gasteiger partial charge in [0.15, 0.2) is 22.6 Å². The standard InChI is InChI=1S/C18H15N5O2S2/c1-11(24)12-5-3-6-13(9-12)17-19-15(22-25-17)10-27-18-21-20-16(23(18)2)14-7-4-8-26-14/h3-9H,10H2,1-2H3. The van der Waals surface area contributed by atoms with Gasteiger partial charge in [0.2, 0.25) is 0 Å². The Kier molecular flexibility index (Phi) is 4.87. The molecule has 4 aromatic rings. The number of thiophene rings is 1. The van der Waals surface area contributed by atoms with Gasteiger partial charge in [-0.1, -0.05) is 35.1 Å². The van der Waals surface area contributed by atoms with Crippen molar-refractivity contribution in [2.75, 3.05) is 0 Å². The maximum atomic E-state index is 11.5. The normalized spacial score (nSPS) is 11.0. The highest BCUT2D eigenvalue weighted by Gasteiger charge is 2.15. The molecule has 0 spiro atoms. The molecule has 3 heterocycles. The third-order valence-corrected chi connectivity index (χ3v) is 5.77. The first-order valence-corrected chi connectivity index (χ1v) is 9.98. The Labute approximate surface area is 163 Å². The topological polar surface area (TPSA) is 86.7 Å². The van der Waals surface area contributed by atoms with Crippen molar-refractivity contribution in [3.05, 3.63) is 53.2 Å². The third-order valence-electron chi connectivity index (χ3n) is 3.89. The number of benzene rings is 1. The van der Waals surface area contributed by atoms with E-state index in [-0.39, 0.29) is 5.78 Å². The van der Waals surface area contributed by atoms with Crippen molar-refractivity contribution >= 4 is 28.9 Å². The van der Waals surface area contributed by atoms with E-state index in [1.807, 2.05) is 35.2 Å². The van der Waals surface area contributed by atoms with E-state index in [0.29, 0.717) is 23.0 Å². The van der Waals surface area contributed by atoms with Crippen molar-refractivity contribution in [1.29, 1.82) is 0 Å². The molecule has 1 aromatic carbocycles. The molecule has 0 atom stereocenters. The van der Waals surface area contributed by atoms with Gasteiger partial charge in [-0.05, 0) is 30.5 Å². The minimum atomic E-state index is -0.00373. The molecule has 9 heteroatoms. The predicted octanol–water partition coefficient (Wildman–Crippen LogP) is 4.09. The number of ketones is 1. The number of thioether (sulfide) groups is 1. The molecule has 0 saturated heterocycles. The number of rotatable bonds is 6. The van der Waals surface area contributed by atoms with Gasteiger partial charge in [0.05, 0.1) is 10.6 Å². The van der Waals surface area contributed by atoms with Crippen LogP contribution in [0.25, 0.3) is 22.2 Å². The summed E-state index contributed by atoms with van der Waals surface area (Å²) in [7, 11) is 1.94. The van der Waals surface area contributed by atoms with E-state index in [4.69, 9.17) is 4.52 Å². The molecule has 0 N–H and O–H groups in total. The Balaban J connectivity index is 1.48. The van der Waals surface area contributed by atoms with E-state index >= 15 is 0 Å². The molecule has 0 aliphatic heterocycles. The zero-order valence-electron chi connectivity index (χ0n) is 14.6. The Hall–Kier alpha value is -2.78. The van der Waals surface area contributed by atoms with Gasteiger partial charge in [-0.2, -0.15) is 4.98 Å². The maximum Gasteiger partial charge on any atom is 0.257 e. The molecular weight excluding hydrogens is 382 g/mol. The first-order chi connectivity index (χ1) is 13.1. The fourth-order valence-corrected chi connectivity index (χ4v) is 3.99. The van der Waals surface area contributed by atoms with Crippen molar-refractivity contribution < 1.29 is 9.32 Å². The lowest BCUT2D eigenvalue weighted by Crippen LogP contribution is -1.94. The van der Waals surface area contributed by atoms with Crippen LogP contribution in [0.4, 0.5) is 0 Å². The second-order valence-electron chi connectivity index (χ2n) is 5.78. The molecule has 0 bridgehead atoms. The van der Waals surface area contributed by atoms with Crippen molar-refractivity contribution in [3.8, 4) is 22.2 Å². The first-order valence-electron chi connectivity index (χ1n) is 8.12. The van der Waals surface area contributed by atoms with Gasteiger partial charge in [0.25, 0.3) is 5.89 Å². The van der Waals surface area contributed by atoms with Crippen molar-refractivity contribution in [2.45, 2.75) is 17.8 Å². The molecule has 4 rings (SSSR count). The van der Waals surface area contributed by atoms with E-state index in [2.05, 4.69) is 20.3 Å². The Morgan fingerprint density at radius 2 is 2.15 bits per heavy atom. The maximum absolute atomic E-state index is 11.5. The largest absolute Gasteiger partial charge is 0.334 e. The highest BCUT2D eigenvalue weighted by molar-refractivity contribution is 7.98. The molecule has 0 radical (unpaired) electrons. The zero-order valence-corrected chi connectivity index (χ0v) is 16.3. The van der Waals surface area contributed by atoms with Gasteiger partial charge < -0.3 is 9.09 Å². The summed E-state index contributed by atoms with van der Waals surface area (Å²) in [5.41, 5.74) is 1.34. The van der Waals surface area contributed by atoms with Crippen LogP contribution in [0, 0.1) is 0 Å². The van der Waals surface area contributed by atoms with Gasteiger partial charge in [0.1, 0.15) is 0 Å². The number of nitrogens with zero attached hydrogens (tertiary/aromatic N) is 5. The van der Waals surface area contributed by atoms with E-state index in [0.717, 1.165) is 21.4 Å². The SMILES string of the molecule is CC(=O)c1cccc(-c2nc(CSc3nnc(-c4cccs4)n3C)no2)c1. The highest BCUT2D eigenvalue weighted by Crippen LogP contribution is 2.27. The number of hydrogen-bond donors (Lipinski definition) is 0. The van der Waals surface area contributed by atoms with E-state index < -0.39 is 0 Å². The summed E-state index contributed by atoms with van der Waals surface area (Å²) < 4.78 is 7.29. The minimum Gasteiger partial charge on any atom is -0.334 e. The average molecular weight is 397 g/mol. The first kappa shape index (κ1) is 17.6. The Bertz CT molecular complexity index is 1090. The molecule has 136 valence electrons. The Morgan fingerprint density at radius 3 is 2.93 bits per heavy atom. The molecule has 0 aliphatic carbocycles. The van der Waals surface area contributed by atoms with Crippen molar-refractivity contribution in [2.24, 2.45) is 7.05 Å². The smallest absolute Gasteiger partial charge is 0.257 e. The number of aromatic nitrogens is 5. The lowest BCUT2D eigenvalue weighted by atomic mass is 10.1. The number of Topliss-reactive ketones (excluding diaryl/α,β-unsaturated/α-hetero) is 1. The summed E-state index contributed by atoms with van der Waals surface area (Å²) in [6.07, 6.45) is 0. The van der Waals surface area contributed by atoms with Crippen LogP contribution < -0.4 is 0 Å². The van der Waals surface area contributed by atoms with E-state index in [1.165, 1.54) is 18.7 Å². The Morgan fingerprint density at radius 1 is 1.26 bits per heavy atom. The molecule has 0 aliphatic rings. The summed E-state index contributed by atoms with van der Waals surface area (Å²) in [6, 6.07) is 11.2. The van der Waals surface area contributed by atoms with Crippen LogP contribution >= 0.6 is 23.1 Å². The lowest BCUT2D eigenvalue weighted by Gasteiger charge is -2.00. The van der Waals surface area contributed by atoms with Gasteiger partial charge in [-0.25, -0.2) is 0 Å². The van der Waals surface area contributed by atoms with Crippen molar-refractivity contribution in [1.82, 2.24) is 24.9 Å². The summed E-state index contributed by atoms with van der Waals surface area (Å²) in [4.78, 5) is 17.0. The fourth-order valence-electron chi connectivity index (χ4n) is 2.49.